The summed E-state index contributed by atoms with van der Waals surface area (Å²) in [5, 5.41) is 16.1. The molecule has 0 fully saturated rings. The van der Waals surface area contributed by atoms with Gasteiger partial charge < -0.3 is 10.6 Å². The van der Waals surface area contributed by atoms with Crippen LogP contribution in [0.4, 0.5) is 5.69 Å². The number of nitrogens with zero attached hydrogens (tertiary/aromatic N) is 2. The van der Waals surface area contributed by atoms with Crippen molar-refractivity contribution in [3.63, 3.8) is 0 Å². The van der Waals surface area contributed by atoms with Gasteiger partial charge in [-0.2, -0.15) is 0 Å². The molecule has 0 spiro atoms. The number of aromatic nitrogens is 1. The molecule has 0 bridgehead atoms. The molecule has 2 N–H and O–H groups in total. The van der Waals surface area contributed by atoms with Gasteiger partial charge in [-0.05, 0) is 32.0 Å². The lowest BCUT2D eigenvalue weighted by atomic mass is 10.1. The summed E-state index contributed by atoms with van der Waals surface area (Å²) in [5.41, 5.74) is 1.16. The molecule has 0 saturated carbocycles. The second-order valence-corrected chi connectivity index (χ2v) is 5.48. The van der Waals surface area contributed by atoms with Gasteiger partial charge in [-0.1, -0.05) is 12.1 Å². The second kappa shape index (κ2) is 8.00. The Kier molecular flexibility index (Phi) is 5.78. The molecule has 0 aliphatic rings. The van der Waals surface area contributed by atoms with Crippen LogP contribution in [0.2, 0.25) is 0 Å². The summed E-state index contributed by atoms with van der Waals surface area (Å²) in [6.07, 6.45) is 1.63. The fraction of sp³-hybridized carbons (Fsp3) is 0.235. The molecule has 0 saturated heterocycles. The van der Waals surface area contributed by atoms with E-state index < -0.39 is 10.8 Å². The summed E-state index contributed by atoms with van der Waals surface area (Å²) in [5.74, 6) is -0.933. The fourth-order valence-electron chi connectivity index (χ4n) is 2.21. The van der Waals surface area contributed by atoms with Gasteiger partial charge in [-0.3, -0.25) is 24.7 Å². The van der Waals surface area contributed by atoms with Crippen molar-refractivity contribution in [2.45, 2.75) is 19.9 Å². The average Bonchev–Trinajstić information content (AvgIpc) is 2.60. The third kappa shape index (κ3) is 4.84. The van der Waals surface area contributed by atoms with E-state index in [1.807, 2.05) is 6.07 Å². The lowest BCUT2D eigenvalue weighted by Gasteiger charge is -2.13. The molecular weight excluding hydrogens is 324 g/mol. The van der Waals surface area contributed by atoms with Crippen molar-refractivity contribution in [3.05, 3.63) is 69.5 Å². The third-order valence-electron chi connectivity index (χ3n) is 3.59. The molecule has 130 valence electrons. The van der Waals surface area contributed by atoms with Crippen molar-refractivity contribution in [3.8, 4) is 0 Å². The number of nitro benzene ring substituents is 1. The number of nitrogens with one attached hydrogen (secondary N) is 2. The number of rotatable bonds is 6. The van der Waals surface area contributed by atoms with Crippen molar-refractivity contribution in [2.24, 2.45) is 0 Å². The van der Waals surface area contributed by atoms with Gasteiger partial charge in [0.2, 0.25) is 5.91 Å². The first-order chi connectivity index (χ1) is 11.9. The lowest BCUT2D eigenvalue weighted by molar-refractivity contribution is -0.385. The average molecular weight is 342 g/mol. The van der Waals surface area contributed by atoms with Crippen LogP contribution in [0.25, 0.3) is 0 Å². The highest BCUT2D eigenvalue weighted by molar-refractivity contribution is 5.97. The molecule has 2 amide bonds. The zero-order chi connectivity index (χ0) is 18.4. The monoisotopic (exact) mass is 342 g/mol. The molecule has 2 aromatic rings. The summed E-state index contributed by atoms with van der Waals surface area (Å²) >= 11 is 0. The Labute approximate surface area is 144 Å². The molecule has 25 heavy (non-hydrogen) atoms. The van der Waals surface area contributed by atoms with Crippen LogP contribution < -0.4 is 10.6 Å². The minimum atomic E-state index is -0.552. The van der Waals surface area contributed by atoms with Crippen molar-refractivity contribution < 1.29 is 14.5 Å². The largest absolute Gasteiger partial charge is 0.346 e. The first-order valence-electron chi connectivity index (χ1n) is 7.62. The van der Waals surface area contributed by atoms with Gasteiger partial charge in [-0.15, -0.1) is 0 Å². The quantitative estimate of drug-likeness (QED) is 0.615. The number of carbonyl (C=O) groups is 2. The zero-order valence-electron chi connectivity index (χ0n) is 13.9. The van der Waals surface area contributed by atoms with Crippen LogP contribution in [-0.4, -0.2) is 28.3 Å². The van der Waals surface area contributed by atoms with Crippen LogP contribution >= 0.6 is 0 Å². The number of aryl methyl sites for hydroxylation is 1. The van der Waals surface area contributed by atoms with Crippen molar-refractivity contribution in [1.82, 2.24) is 15.6 Å². The second-order valence-electron chi connectivity index (χ2n) is 5.48. The molecule has 2 rings (SSSR count). The SMILES string of the molecule is Cc1ccc(C(=O)NCC(=O)N[C@H](C)c2ccccn2)cc1[N+](=O)[O-]. The van der Waals surface area contributed by atoms with E-state index >= 15 is 0 Å². The number of pyridine rings is 1. The molecule has 0 radical (unpaired) electrons. The molecule has 8 heteroatoms. The zero-order valence-corrected chi connectivity index (χ0v) is 13.9. The van der Waals surface area contributed by atoms with Gasteiger partial charge in [0.25, 0.3) is 11.6 Å². The first kappa shape index (κ1) is 18.1. The maximum absolute atomic E-state index is 12.1. The molecule has 1 aromatic heterocycles. The van der Waals surface area contributed by atoms with E-state index in [1.165, 1.54) is 18.2 Å². The molecule has 0 unspecified atom stereocenters. The molecule has 0 aliphatic heterocycles. The summed E-state index contributed by atoms with van der Waals surface area (Å²) in [4.78, 5) is 38.5. The minimum Gasteiger partial charge on any atom is -0.346 e. The topological polar surface area (TPSA) is 114 Å². The van der Waals surface area contributed by atoms with Gasteiger partial charge in [0.1, 0.15) is 0 Å². The standard InChI is InChI=1S/C17H18N4O4/c1-11-6-7-13(9-15(11)21(24)25)17(23)19-10-16(22)20-12(2)14-5-3-4-8-18-14/h3-9,12H,10H2,1-2H3,(H,19,23)(H,20,22)/t12-/m1/s1. The van der Waals surface area contributed by atoms with Gasteiger partial charge in [0.15, 0.2) is 0 Å². The highest BCUT2D eigenvalue weighted by Crippen LogP contribution is 2.19. The van der Waals surface area contributed by atoms with Gasteiger partial charge >= 0.3 is 0 Å². The Hall–Kier alpha value is -3.29. The van der Waals surface area contributed by atoms with E-state index in [9.17, 15) is 19.7 Å². The van der Waals surface area contributed by atoms with E-state index in [1.54, 1.807) is 32.2 Å². The van der Waals surface area contributed by atoms with E-state index in [0.29, 0.717) is 11.3 Å². The highest BCUT2D eigenvalue weighted by atomic mass is 16.6. The van der Waals surface area contributed by atoms with E-state index in [-0.39, 0.29) is 29.7 Å². The molecule has 1 aromatic carbocycles. The van der Waals surface area contributed by atoms with Gasteiger partial charge in [0.05, 0.1) is 23.2 Å². The van der Waals surface area contributed by atoms with Crippen LogP contribution in [0.3, 0.4) is 0 Å². The van der Waals surface area contributed by atoms with Crippen LogP contribution in [0.5, 0.6) is 0 Å². The van der Waals surface area contributed by atoms with Crippen molar-refractivity contribution >= 4 is 17.5 Å². The predicted octanol–water partition coefficient (Wildman–Crippen LogP) is 1.91. The number of nitro groups is 1. The van der Waals surface area contributed by atoms with Crippen LogP contribution in [0, 0.1) is 17.0 Å². The normalized spacial score (nSPS) is 11.4. The summed E-state index contributed by atoms with van der Waals surface area (Å²) in [7, 11) is 0. The third-order valence-corrected chi connectivity index (χ3v) is 3.59. The smallest absolute Gasteiger partial charge is 0.273 e. The van der Waals surface area contributed by atoms with E-state index in [2.05, 4.69) is 15.6 Å². The minimum absolute atomic E-state index is 0.128. The van der Waals surface area contributed by atoms with E-state index in [4.69, 9.17) is 0 Å². The van der Waals surface area contributed by atoms with E-state index in [0.717, 1.165) is 0 Å². The molecule has 1 heterocycles. The molecular formula is C17H18N4O4. The number of carbonyl (C=O) groups excluding carboxylic acids is 2. The van der Waals surface area contributed by atoms with Crippen LogP contribution in [0.1, 0.15) is 34.6 Å². The summed E-state index contributed by atoms with van der Waals surface area (Å²) in [6, 6.07) is 9.25. The van der Waals surface area contributed by atoms with Crippen LogP contribution in [0.15, 0.2) is 42.6 Å². The lowest BCUT2D eigenvalue weighted by Crippen LogP contribution is -2.38. The van der Waals surface area contributed by atoms with Gasteiger partial charge in [0, 0.05) is 23.4 Å². The van der Waals surface area contributed by atoms with Crippen LogP contribution in [-0.2, 0) is 4.79 Å². The highest BCUT2D eigenvalue weighted by Gasteiger charge is 2.16. The first-order valence-corrected chi connectivity index (χ1v) is 7.62. The Bertz CT molecular complexity index is 792. The Morgan fingerprint density at radius 3 is 2.68 bits per heavy atom. The predicted molar refractivity (Wildman–Crippen MR) is 91.0 cm³/mol. The fourth-order valence-corrected chi connectivity index (χ4v) is 2.21. The van der Waals surface area contributed by atoms with Crippen molar-refractivity contribution in [2.75, 3.05) is 6.54 Å². The summed E-state index contributed by atoms with van der Waals surface area (Å²) in [6.45, 7) is 3.13. The maximum atomic E-state index is 12.1. The number of hydrogen-bond donors (Lipinski definition) is 2. The summed E-state index contributed by atoms with van der Waals surface area (Å²) < 4.78 is 0. The molecule has 0 aliphatic carbocycles. The Morgan fingerprint density at radius 1 is 1.28 bits per heavy atom. The molecule has 1 atom stereocenters. The maximum Gasteiger partial charge on any atom is 0.273 e. The number of hydrogen-bond acceptors (Lipinski definition) is 5. The van der Waals surface area contributed by atoms with Crippen molar-refractivity contribution in [1.29, 1.82) is 0 Å². The van der Waals surface area contributed by atoms with Gasteiger partial charge in [-0.25, -0.2) is 0 Å². The number of benzene rings is 1. The Balaban J connectivity index is 1.92. The number of amides is 2. The Morgan fingerprint density at radius 2 is 2.04 bits per heavy atom. The molecule has 8 nitrogen and oxygen atoms in total.